The van der Waals surface area contributed by atoms with Gasteiger partial charge in [-0.15, -0.1) is 0 Å². The molecule has 1 unspecified atom stereocenters. The number of hydrogen-bond acceptors (Lipinski definition) is 3. The highest BCUT2D eigenvalue weighted by molar-refractivity contribution is 5.98. The van der Waals surface area contributed by atoms with Crippen LogP contribution in [0.4, 0.5) is 8.78 Å². The van der Waals surface area contributed by atoms with E-state index in [9.17, 15) is 18.4 Å². The maximum atomic E-state index is 13.9. The van der Waals surface area contributed by atoms with Crippen LogP contribution >= 0.6 is 0 Å². The predicted octanol–water partition coefficient (Wildman–Crippen LogP) is 2.18. The zero-order valence-electron chi connectivity index (χ0n) is 15.8. The van der Waals surface area contributed by atoms with Crippen LogP contribution in [-0.4, -0.2) is 48.9 Å². The van der Waals surface area contributed by atoms with E-state index in [2.05, 4.69) is 10.6 Å². The number of carbonyl (C=O) groups is 2. The van der Waals surface area contributed by atoms with E-state index < -0.39 is 29.1 Å². The van der Waals surface area contributed by atoms with Crippen molar-refractivity contribution in [3.63, 3.8) is 0 Å². The van der Waals surface area contributed by atoms with Gasteiger partial charge >= 0.3 is 0 Å². The summed E-state index contributed by atoms with van der Waals surface area (Å²) < 4.78 is 27.8. The van der Waals surface area contributed by atoms with Crippen molar-refractivity contribution in [3.8, 4) is 0 Å². The average molecular weight is 379 g/mol. The maximum Gasteiger partial charge on any atom is 0.257 e. The molecule has 27 heavy (non-hydrogen) atoms. The summed E-state index contributed by atoms with van der Waals surface area (Å²) in [6.45, 7) is 6.91. The number of likely N-dealkylation sites (tertiary alicyclic amines) is 1. The quantitative estimate of drug-likeness (QED) is 0.843. The summed E-state index contributed by atoms with van der Waals surface area (Å²) in [4.78, 5) is 27.3. The van der Waals surface area contributed by atoms with Crippen molar-refractivity contribution in [1.82, 2.24) is 15.5 Å². The first-order chi connectivity index (χ1) is 12.9. The Bertz CT molecular complexity index is 676. The molecule has 3 rings (SSSR count). The lowest BCUT2D eigenvalue weighted by Crippen LogP contribution is -2.51. The minimum atomic E-state index is -0.933. The average Bonchev–Trinajstić information content (AvgIpc) is 2.97. The highest BCUT2D eigenvalue weighted by Gasteiger charge is 2.35. The van der Waals surface area contributed by atoms with E-state index in [0.717, 1.165) is 38.1 Å². The highest BCUT2D eigenvalue weighted by Crippen LogP contribution is 2.27. The van der Waals surface area contributed by atoms with E-state index in [0.29, 0.717) is 24.9 Å². The number of nitrogens with zero attached hydrogens (tertiary/aromatic N) is 1. The second-order valence-corrected chi connectivity index (χ2v) is 7.87. The molecule has 2 heterocycles. The van der Waals surface area contributed by atoms with E-state index in [1.54, 1.807) is 4.90 Å². The molecule has 1 aromatic rings. The lowest BCUT2D eigenvalue weighted by atomic mass is 9.92. The molecule has 1 aromatic carbocycles. The number of benzene rings is 1. The Morgan fingerprint density at radius 3 is 2.19 bits per heavy atom. The number of halogens is 2. The zero-order chi connectivity index (χ0) is 19.6. The van der Waals surface area contributed by atoms with Crippen LogP contribution < -0.4 is 10.6 Å². The molecule has 148 valence electrons. The van der Waals surface area contributed by atoms with Gasteiger partial charge in [0.15, 0.2) is 0 Å². The standard InChI is InChI=1S/C20H27F2N3O2/c1-12(2)18(24-19(26)17-15(21)4-3-5-16(17)22)20(27)25-8-6-13-10-23-11-14(13)7-9-25/h3-5,12-14,18,23H,6-11H2,1-2H3,(H,24,26)/t13-,14+,18?. The first-order valence-electron chi connectivity index (χ1n) is 9.63. The number of amides is 2. The highest BCUT2D eigenvalue weighted by atomic mass is 19.1. The second kappa shape index (κ2) is 8.33. The van der Waals surface area contributed by atoms with Crippen LogP contribution in [0.25, 0.3) is 0 Å². The molecule has 2 aliphatic heterocycles. The van der Waals surface area contributed by atoms with Gasteiger partial charge in [0.05, 0.1) is 0 Å². The van der Waals surface area contributed by atoms with Crippen LogP contribution in [-0.2, 0) is 4.79 Å². The van der Waals surface area contributed by atoms with Gasteiger partial charge in [-0.25, -0.2) is 8.78 Å². The topological polar surface area (TPSA) is 61.4 Å². The molecule has 0 aromatic heterocycles. The number of carbonyl (C=O) groups excluding carboxylic acids is 2. The Morgan fingerprint density at radius 1 is 1.11 bits per heavy atom. The molecule has 0 spiro atoms. The Kier molecular flexibility index (Phi) is 6.09. The van der Waals surface area contributed by atoms with E-state index >= 15 is 0 Å². The van der Waals surface area contributed by atoms with Crippen molar-refractivity contribution in [1.29, 1.82) is 0 Å². The van der Waals surface area contributed by atoms with E-state index in [4.69, 9.17) is 0 Å². The summed E-state index contributed by atoms with van der Waals surface area (Å²) >= 11 is 0. The van der Waals surface area contributed by atoms with Gasteiger partial charge in [0.25, 0.3) is 5.91 Å². The Labute approximate surface area is 158 Å². The molecule has 0 radical (unpaired) electrons. The fraction of sp³-hybridized carbons (Fsp3) is 0.600. The van der Waals surface area contributed by atoms with Gasteiger partial charge in [0.2, 0.25) is 5.91 Å². The van der Waals surface area contributed by atoms with Crippen LogP contribution in [0.1, 0.15) is 37.0 Å². The molecule has 0 aliphatic carbocycles. The SMILES string of the molecule is CC(C)C(NC(=O)c1c(F)cccc1F)C(=O)N1CC[C@@H]2CNC[C@@H]2CC1. The predicted molar refractivity (Wildman–Crippen MR) is 98.1 cm³/mol. The maximum absolute atomic E-state index is 13.9. The third kappa shape index (κ3) is 4.29. The number of nitrogens with one attached hydrogen (secondary N) is 2. The van der Waals surface area contributed by atoms with Crippen molar-refractivity contribution < 1.29 is 18.4 Å². The van der Waals surface area contributed by atoms with Crippen molar-refractivity contribution in [2.45, 2.75) is 32.7 Å². The summed E-state index contributed by atoms with van der Waals surface area (Å²) in [5.41, 5.74) is -0.646. The van der Waals surface area contributed by atoms with Crippen molar-refractivity contribution >= 4 is 11.8 Å². The van der Waals surface area contributed by atoms with E-state index in [-0.39, 0.29) is 11.8 Å². The number of hydrogen-bond donors (Lipinski definition) is 2. The van der Waals surface area contributed by atoms with Gasteiger partial charge in [-0.1, -0.05) is 19.9 Å². The monoisotopic (exact) mass is 379 g/mol. The Hall–Kier alpha value is -2.02. The van der Waals surface area contributed by atoms with Gasteiger partial charge in [0, 0.05) is 13.1 Å². The van der Waals surface area contributed by atoms with Crippen molar-refractivity contribution in [2.24, 2.45) is 17.8 Å². The van der Waals surface area contributed by atoms with Crippen LogP contribution in [0.5, 0.6) is 0 Å². The molecule has 2 N–H and O–H groups in total. The number of rotatable bonds is 4. The fourth-order valence-corrected chi connectivity index (χ4v) is 4.08. The molecule has 5 nitrogen and oxygen atoms in total. The minimum absolute atomic E-state index is 0.178. The molecule has 0 bridgehead atoms. The lowest BCUT2D eigenvalue weighted by molar-refractivity contribution is -0.134. The molecular formula is C20H27F2N3O2. The van der Waals surface area contributed by atoms with Crippen molar-refractivity contribution in [3.05, 3.63) is 35.4 Å². The smallest absolute Gasteiger partial charge is 0.257 e. The lowest BCUT2D eigenvalue weighted by Gasteiger charge is -2.29. The van der Waals surface area contributed by atoms with E-state index in [1.807, 2.05) is 13.8 Å². The Balaban J connectivity index is 1.71. The van der Waals surface area contributed by atoms with Crippen LogP contribution in [0.2, 0.25) is 0 Å². The summed E-state index contributed by atoms with van der Waals surface area (Å²) in [5.74, 6) is -1.96. The molecule has 2 saturated heterocycles. The van der Waals surface area contributed by atoms with Gasteiger partial charge in [-0.2, -0.15) is 0 Å². The molecule has 2 fully saturated rings. The van der Waals surface area contributed by atoms with Crippen LogP contribution in [0.15, 0.2) is 18.2 Å². The van der Waals surface area contributed by atoms with Gasteiger partial charge < -0.3 is 15.5 Å². The fourth-order valence-electron chi connectivity index (χ4n) is 4.08. The summed E-state index contributed by atoms with van der Waals surface area (Å²) in [7, 11) is 0. The van der Waals surface area contributed by atoms with Gasteiger partial charge in [-0.05, 0) is 55.8 Å². The second-order valence-electron chi connectivity index (χ2n) is 7.87. The van der Waals surface area contributed by atoms with Crippen LogP contribution in [0.3, 0.4) is 0 Å². The third-order valence-electron chi connectivity index (χ3n) is 5.74. The van der Waals surface area contributed by atoms with Gasteiger partial charge in [0.1, 0.15) is 23.2 Å². The first kappa shape index (κ1) is 19.7. The molecule has 0 saturated carbocycles. The number of fused-ring (bicyclic) bond motifs is 1. The third-order valence-corrected chi connectivity index (χ3v) is 5.74. The summed E-state index contributed by atoms with van der Waals surface area (Å²) in [6.07, 6.45) is 1.87. The van der Waals surface area contributed by atoms with Gasteiger partial charge in [-0.3, -0.25) is 9.59 Å². The zero-order valence-corrected chi connectivity index (χ0v) is 15.8. The summed E-state index contributed by atoms with van der Waals surface area (Å²) in [5, 5.41) is 5.96. The molecule has 2 aliphatic rings. The normalized spacial score (nSPS) is 23.7. The van der Waals surface area contributed by atoms with E-state index in [1.165, 1.54) is 6.07 Å². The molecular weight excluding hydrogens is 352 g/mol. The molecule has 3 atom stereocenters. The minimum Gasteiger partial charge on any atom is -0.341 e. The first-order valence-corrected chi connectivity index (χ1v) is 9.63. The van der Waals surface area contributed by atoms with Crippen LogP contribution in [0, 0.1) is 29.4 Å². The molecule has 7 heteroatoms. The van der Waals surface area contributed by atoms with Crippen molar-refractivity contribution in [2.75, 3.05) is 26.2 Å². The summed E-state index contributed by atoms with van der Waals surface area (Å²) in [6, 6.07) is 2.46. The largest absolute Gasteiger partial charge is 0.341 e. The Morgan fingerprint density at radius 2 is 1.67 bits per heavy atom. The molecule has 2 amide bonds.